The maximum absolute atomic E-state index is 12.4. The van der Waals surface area contributed by atoms with E-state index in [0.717, 1.165) is 12.8 Å². The summed E-state index contributed by atoms with van der Waals surface area (Å²) < 4.78 is 17.9. The Kier molecular flexibility index (Phi) is 3.87. The fourth-order valence-electron chi connectivity index (χ4n) is 1.75. The summed E-state index contributed by atoms with van der Waals surface area (Å²) in [6.07, 6.45) is 2.46. The quantitative estimate of drug-likeness (QED) is 0.439. The van der Waals surface area contributed by atoms with Gasteiger partial charge in [-0.1, -0.05) is 0 Å². The van der Waals surface area contributed by atoms with Gasteiger partial charge in [0.25, 0.3) is 0 Å². The first kappa shape index (κ1) is 12.2. The third-order valence-corrected chi connectivity index (χ3v) is 3.93. The predicted octanol–water partition coefficient (Wildman–Crippen LogP) is 0.508. The van der Waals surface area contributed by atoms with Gasteiger partial charge in [0.05, 0.1) is 15.8 Å². The van der Waals surface area contributed by atoms with Crippen molar-refractivity contribution in [1.82, 2.24) is 0 Å². The van der Waals surface area contributed by atoms with Crippen LogP contribution in [0, 0.1) is 0 Å². The number of rotatable bonds is 3. The first-order valence-corrected chi connectivity index (χ1v) is 5.88. The molecule has 6 heteroatoms. The van der Waals surface area contributed by atoms with Crippen LogP contribution in [0.1, 0.15) is 26.2 Å². The van der Waals surface area contributed by atoms with Crippen molar-refractivity contribution in [3.63, 3.8) is 0 Å². The first-order valence-electron chi connectivity index (χ1n) is 4.88. The molecule has 1 saturated heterocycles. The monoisotopic (exact) mass is 234 g/mol. The largest absolute Gasteiger partial charge is 0.478 e. The molecule has 0 aromatic carbocycles. The van der Waals surface area contributed by atoms with Gasteiger partial charge < -0.3 is 9.84 Å². The number of aliphatic carboxylic acids is 1. The summed E-state index contributed by atoms with van der Waals surface area (Å²) >= 11 is 0. The summed E-state index contributed by atoms with van der Waals surface area (Å²) in [6.45, 7) is 1.86. The normalized spacial score (nSPS) is 28.4. The molecule has 0 bridgehead atoms. The molecule has 0 amide bonds. The minimum Gasteiger partial charge on any atom is -0.478 e. The van der Waals surface area contributed by atoms with E-state index in [2.05, 4.69) is 4.94 Å². The molecule has 1 rings (SSSR count). The Morgan fingerprint density at radius 2 is 2.27 bits per heavy atom. The Bertz CT molecular complexity index is 284. The Hall–Kier alpha value is -0.883. The van der Waals surface area contributed by atoms with Gasteiger partial charge in [-0.05, 0) is 26.2 Å². The second-order valence-corrected chi connectivity index (χ2v) is 5.49. The van der Waals surface area contributed by atoms with Crippen molar-refractivity contribution in [3.05, 3.63) is 11.3 Å². The van der Waals surface area contributed by atoms with Gasteiger partial charge in [0, 0.05) is 11.1 Å². The molecule has 1 unspecified atom stereocenters. The highest BCUT2D eigenvalue weighted by molar-refractivity contribution is 6.17. The molecule has 0 spiro atoms. The Balaban J connectivity index is 2.99. The van der Waals surface area contributed by atoms with Gasteiger partial charge in [-0.2, -0.15) is 0 Å². The number of carboxylic acid groups (broad SMARTS) is 1. The maximum Gasteiger partial charge on any atom is 0.334 e. The van der Waals surface area contributed by atoms with Crippen LogP contribution >= 0.6 is 0 Å². The van der Waals surface area contributed by atoms with Crippen molar-refractivity contribution < 1.29 is 24.1 Å². The molecular weight excluding hydrogens is 219 g/mol. The number of halogens is 1. The predicted molar refractivity (Wildman–Crippen MR) is 55.0 cm³/mol. The van der Waals surface area contributed by atoms with Crippen LogP contribution in [-0.2, 0) is 14.5 Å². The van der Waals surface area contributed by atoms with Crippen LogP contribution in [-0.4, -0.2) is 33.1 Å². The van der Waals surface area contributed by atoms with Gasteiger partial charge in [-0.3, -0.25) is 4.94 Å². The van der Waals surface area contributed by atoms with Crippen LogP contribution < -0.4 is 0 Å². The first-order chi connectivity index (χ1) is 7.01. The Labute approximate surface area is 90.4 Å². The van der Waals surface area contributed by atoms with E-state index >= 15 is 0 Å². The van der Waals surface area contributed by atoms with Gasteiger partial charge in [0.2, 0.25) is 0 Å². The summed E-state index contributed by atoms with van der Waals surface area (Å²) in [7, 11) is 0.508. The number of hydrogen-bond acceptors (Lipinski definition) is 3. The summed E-state index contributed by atoms with van der Waals surface area (Å²) in [5.41, 5.74) is -0.116. The smallest absolute Gasteiger partial charge is 0.334 e. The van der Waals surface area contributed by atoms with Crippen LogP contribution in [0.5, 0.6) is 0 Å². The summed E-state index contributed by atoms with van der Waals surface area (Å²) in [5, 5.41) is 7.97. The minimum atomic E-state index is -1.17. The van der Waals surface area contributed by atoms with Gasteiger partial charge in [-0.15, -0.1) is 0 Å². The zero-order valence-corrected chi connectivity index (χ0v) is 10.9. The molecule has 0 aromatic rings. The van der Waals surface area contributed by atoms with Crippen molar-refractivity contribution in [2.75, 3.05) is 6.61 Å². The molecular formula is C9H15FO4Si. The summed E-state index contributed by atoms with van der Waals surface area (Å²) in [6, 6.07) is 0. The van der Waals surface area contributed by atoms with E-state index < -0.39 is 11.2 Å². The van der Waals surface area contributed by atoms with Crippen molar-refractivity contribution in [3.8, 4) is 0 Å². The number of carboxylic acids is 1. The minimum absolute atomic E-state index is 0.116. The lowest BCUT2D eigenvalue weighted by Gasteiger charge is -2.34. The average molecular weight is 234 g/mol. The molecule has 0 aliphatic carbocycles. The molecule has 15 heavy (non-hydrogen) atoms. The van der Waals surface area contributed by atoms with E-state index in [0.29, 0.717) is 23.3 Å². The lowest BCUT2D eigenvalue weighted by atomic mass is 10.0. The van der Waals surface area contributed by atoms with Gasteiger partial charge in [-0.25, -0.2) is 4.79 Å². The summed E-state index contributed by atoms with van der Waals surface area (Å²) in [5.74, 6) is -1.34. The number of ether oxygens (including phenoxy) is 1. The van der Waals surface area contributed by atoms with Crippen LogP contribution in [0.3, 0.4) is 0 Å². The second-order valence-electron chi connectivity index (χ2n) is 3.87. The van der Waals surface area contributed by atoms with E-state index in [1.807, 2.05) is 0 Å². The van der Waals surface area contributed by atoms with Gasteiger partial charge in [0.15, 0.2) is 5.76 Å². The maximum atomic E-state index is 12.4. The lowest BCUT2D eigenvalue weighted by Crippen LogP contribution is -2.40. The molecule has 4 nitrogen and oxygen atoms in total. The molecule has 1 heterocycles. The van der Waals surface area contributed by atoms with Crippen molar-refractivity contribution in [2.45, 2.75) is 31.4 Å². The van der Waals surface area contributed by atoms with Gasteiger partial charge in [0.1, 0.15) is 5.22 Å². The third kappa shape index (κ3) is 2.57. The molecule has 1 fully saturated rings. The molecule has 1 aliphatic heterocycles. The average Bonchev–Trinajstić information content (AvgIpc) is 2.19. The van der Waals surface area contributed by atoms with Crippen molar-refractivity contribution in [2.24, 2.45) is 0 Å². The molecule has 1 aliphatic rings. The third-order valence-electron chi connectivity index (χ3n) is 2.69. The van der Waals surface area contributed by atoms with Crippen molar-refractivity contribution >= 4 is 16.2 Å². The topological polar surface area (TPSA) is 55.8 Å². The molecule has 0 aromatic heterocycles. The number of carbonyl (C=O) groups is 1. The summed E-state index contributed by atoms with van der Waals surface area (Å²) in [4.78, 5) is 14.5. The van der Waals surface area contributed by atoms with E-state index in [9.17, 15) is 9.32 Å². The molecule has 86 valence electrons. The standard InChI is InChI=1S/C9H15FO4Si/c1-6(8(11)12)7(14-10)9(15)4-2-3-5-13-9/h2-5H2,1,15H3,(H,11,12). The Morgan fingerprint density at radius 3 is 2.67 bits per heavy atom. The second kappa shape index (κ2) is 4.76. The molecule has 1 atom stereocenters. The fraction of sp³-hybridized carbons (Fsp3) is 0.667. The molecule has 1 N–H and O–H groups in total. The number of hydrogen-bond donors (Lipinski definition) is 1. The highest BCUT2D eigenvalue weighted by Gasteiger charge is 2.37. The van der Waals surface area contributed by atoms with Gasteiger partial charge >= 0.3 is 5.97 Å². The van der Waals surface area contributed by atoms with Crippen LogP contribution in [0.25, 0.3) is 0 Å². The molecule has 0 radical (unpaired) electrons. The SMILES string of the molecule is CC(C(=O)O)=C(OF)C1([SiH3])CCCCO1. The van der Waals surface area contributed by atoms with E-state index in [1.54, 1.807) is 0 Å². The van der Waals surface area contributed by atoms with Crippen molar-refractivity contribution in [1.29, 1.82) is 0 Å². The molecule has 0 saturated carbocycles. The van der Waals surface area contributed by atoms with E-state index in [1.165, 1.54) is 6.92 Å². The zero-order chi connectivity index (χ0) is 11.5. The van der Waals surface area contributed by atoms with Crippen LogP contribution in [0.2, 0.25) is 0 Å². The van der Waals surface area contributed by atoms with Crippen LogP contribution in [0.15, 0.2) is 11.3 Å². The van der Waals surface area contributed by atoms with E-state index in [4.69, 9.17) is 9.84 Å². The van der Waals surface area contributed by atoms with E-state index in [-0.39, 0.29) is 11.3 Å². The van der Waals surface area contributed by atoms with Crippen LogP contribution in [0.4, 0.5) is 4.53 Å². The lowest BCUT2D eigenvalue weighted by molar-refractivity contribution is -0.144. The fourth-order valence-corrected chi connectivity index (χ4v) is 2.76. The zero-order valence-electron chi connectivity index (χ0n) is 8.88. The highest BCUT2D eigenvalue weighted by atomic mass is 28.1. The highest BCUT2D eigenvalue weighted by Crippen LogP contribution is 2.31. The Morgan fingerprint density at radius 1 is 1.60 bits per heavy atom.